The zero-order valence-electron chi connectivity index (χ0n) is 16.6. The molecule has 6 nitrogen and oxygen atoms in total. The predicted octanol–water partition coefficient (Wildman–Crippen LogP) is 4.18. The Morgan fingerprint density at radius 3 is 2.55 bits per heavy atom. The molecule has 2 aromatic heterocycles. The standard InChI is InChI=1S/C22H22N4O2S/c1-14-10-15(2)12-17(11-14)28-8-9-29-22-24-21(18-7-5-4-6-16(18)3)23-19-13-20(27)25-26(19)22/h4-7,10-13H,8-9H2,1-3H3,(H,25,27). The summed E-state index contributed by atoms with van der Waals surface area (Å²) in [6, 6.07) is 15.6. The molecule has 7 heteroatoms. The number of fused-ring (bicyclic) bond motifs is 1. The van der Waals surface area contributed by atoms with Crippen molar-refractivity contribution >= 4 is 17.4 Å². The average molecular weight is 407 g/mol. The van der Waals surface area contributed by atoms with Gasteiger partial charge in [0.1, 0.15) is 5.75 Å². The molecule has 0 radical (unpaired) electrons. The van der Waals surface area contributed by atoms with Gasteiger partial charge in [-0.1, -0.05) is 42.1 Å². The van der Waals surface area contributed by atoms with Crippen molar-refractivity contribution in [3.63, 3.8) is 0 Å². The van der Waals surface area contributed by atoms with Crippen LogP contribution >= 0.6 is 11.8 Å². The van der Waals surface area contributed by atoms with Gasteiger partial charge < -0.3 is 4.74 Å². The van der Waals surface area contributed by atoms with Crippen LogP contribution in [0.25, 0.3) is 17.0 Å². The molecule has 148 valence electrons. The molecular weight excluding hydrogens is 384 g/mol. The van der Waals surface area contributed by atoms with Crippen molar-refractivity contribution in [2.24, 2.45) is 0 Å². The Kier molecular flexibility index (Phi) is 5.40. The zero-order valence-corrected chi connectivity index (χ0v) is 17.4. The van der Waals surface area contributed by atoms with E-state index in [9.17, 15) is 4.79 Å². The molecule has 0 unspecified atom stereocenters. The third kappa shape index (κ3) is 4.35. The molecule has 1 N–H and O–H groups in total. The molecule has 0 aliphatic carbocycles. The quantitative estimate of drug-likeness (QED) is 0.384. The van der Waals surface area contributed by atoms with Gasteiger partial charge in [-0.3, -0.25) is 9.89 Å². The van der Waals surface area contributed by atoms with E-state index >= 15 is 0 Å². The number of H-pyrrole nitrogens is 1. The third-order valence-corrected chi connectivity index (χ3v) is 5.39. The number of aryl methyl sites for hydroxylation is 3. The maximum Gasteiger partial charge on any atom is 0.266 e. The van der Waals surface area contributed by atoms with Crippen LogP contribution in [0.1, 0.15) is 16.7 Å². The van der Waals surface area contributed by atoms with E-state index in [1.54, 1.807) is 4.52 Å². The van der Waals surface area contributed by atoms with E-state index in [2.05, 4.69) is 30.0 Å². The Bertz CT molecular complexity index is 1210. The molecule has 2 heterocycles. The van der Waals surface area contributed by atoms with Gasteiger partial charge in [-0.05, 0) is 49.6 Å². The fraction of sp³-hybridized carbons (Fsp3) is 0.227. The van der Waals surface area contributed by atoms with Crippen LogP contribution < -0.4 is 10.3 Å². The highest BCUT2D eigenvalue weighted by molar-refractivity contribution is 7.99. The van der Waals surface area contributed by atoms with Crippen LogP contribution in [0.4, 0.5) is 0 Å². The topological polar surface area (TPSA) is 72.3 Å². The number of rotatable bonds is 6. The molecule has 29 heavy (non-hydrogen) atoms. The van der Waals surface area contributed by atoms with E-state index in [1.165, 1.54) is 29.0 Å². The van der Waals surface area contributed by atoms with Gasteiger partial charge in [0.15, 0.2) is 16.6 Å². The lowest BCUT2D eigenvalue weighted by atomic mass is 10.1. The first-order valence-electron chi connectivity index (χ1n) is 9.39. The summed E-state index contributed by atoms with van der Waals surface area (Å²) in [4.78, 5) is 21.1. The van der Waals surface area contributed by atoms with Crippen LogP contribution in [0.5, 0.6) is 5.75 Å². The summed E-state index contributed by atoms with van der Waals surface area (Å²) in [5, 5.41) is 3.45. The summed E-state index contributed by atoms with van der Waals surface area (Å²) in [5.74, 6) is 2.16. The van der Waals surface area contributed by atoms with Crippen molar-refractivity contribution in [2.45, 2.75) is 25.9 Å². The highest BCUT2D eigenvalue weighted by Gasteiger charge is 2.12. The largest absolute Gasteiger partial charge is 0.493 e. The summed E-state index contributed by atoms with van der Waals surface area (Å²) < 4.78 is 7.53. The van der Waals surface area contributed by atoms with Crippen molar-refractivity contribution in [2.75, 3.05) is 12.4 Å². The molecule has 0 amide bonds. The van der Waals surface area contributed by atoms with E-state index in [4.69, 9.17) is 9.72 Å². The maximum absolute atomic E-state index is 11.9. The van der Waals surface area contributed by atoms with Crippen LogP contribution in [0.3, 0.4) is 0 Å². The monoisotopic (exact) mass is 406 g/mol. The number of hydrogen-bond acceptors (Lipinski definition) is 5. The van der Waals surface area contributed by atoms with Crippen molar-refractivity contribution in [1.82, 2.24) is 19.6 Å². The lowest BCUT2D eigenvalue weighted by Gasteiger charge is -2.10. The lowest BCUT2D eigenvalue weighted by molar-refractivity contribution is 0.343. The van der Waals surface area contributed by atoms with Crippen molar-refractivity contribution in [1.29, 1.82) is 0 Å². The van der Waals surface area contributed by atoms with Crippen LogP contribution in [-0.2, 0) is 0 Å². The van der Waals surface area contributed by atoms with E-state index in [0.29, 0.717) is 29.0 Å². The number of hydrogen-bond donors (Lipinski definition) is 1. The molecule has 4 aromatic rings. The minimum Gasteiger partial charge on any atom is -0.493 e. The van der Waals surface area contributed by atoms with Crippen LogP contribution in [0.15, 0.2) is 58.5 Å². The van der Waals surface area contributed by atoms with Gasteiger partial charge in [0.2, 0.25) is 0 Å². The molecular formula is C22H22N4O2S. The Hall–Kier alpha value is -3.06. The normalized spacial score (nSPS) is 11.1. The minimum absolute atomic E-state index is 0.199. The van der Waals surface area contributed by atoms with Gasteiger partial charge in [-0.25, -0.2) is 14.5 Å². The van der Waals surface area contributed by atoms with Crippen molar-refractivity contribution in [3.05, 3.63) is 75.6 Å². The molecule has 4 rings (SSSR count). The fourth-order valence-electron chi connectivity index (χ4n) is 3.23. The smallest absolute Gasteiger partial charge is 0.266 e. The molecule has 0 fully saturated rings. The number of thioether (sulfide) groups is 1. The van der Waals surface area contributed by atoms with Gasteiger partial charge in [0, 0.05) is 17.4 Å². The first kappa shape index (κ1) is 19.3. The predicted molar refractivity (Wildman–Crippen MR) is 116 cm³/mol. The minimum atomic E-state index is -0.199. The summed E-state index contributed by atoms with van der Waals surface area (Å²) in [6.45, 7) is 6.67. The highest BCUT2D eigenvalue weighted by Crippen LogP contribution is 2.24. The Labute approximate surface area is 173 Å². The molecule has 0 atom stereocenters. The SMILES string of the molecule is Cc1cc(C)cc(OCCSc2nc(-c3ccccc3C)nc3cc(=O)[nH]n23)c1. The summed E-state index contributed by atoms with van der Waals surface area (Å²) in [6.07, 6.45) is 0. The zero-order chi connectivity index (χ0) is 20.4. The summed E-state index contributed by atoms with van der Waals surface area (Å²) in [5.41, 5.74) is 4.76. The van der Waals surface area contributed by atoms with E-state index in [-0.39, 0.29) is 5.56 Å². The number of ether oxygens (including phenoxy) is 1. The Morgan fingerprint density at radius 2 is 1.79 bits per heavy atom. The fourth-order valence-corrected chi connectivity index (χ4v) is 4.00. The van der Waals surface area contributed by atoms with Crippen LogP contribution in [0.2, 0.25) is 0 Å². The lowest BCUT2D eigenvalue weighted by Crippen LogP contribution is -2.07. The molecule has 0 aliphatic rings. The maximum atomic E-state index is 11.9. The van der Waals surface area contributed by atoms with Crippen LogP contribution in [0, 0.1) is 20.8 Å². The van der Waals surface area contributed by atoms with E-state index in [0.717, 1.165) is 16.9 Å². The van der Waals surface area contributed by atoms with Crippen molar-refractivity contribution in [3.8, 4) is 17.1 Å². The first-order chi connectivity index (χ1) is 14.0. The number of aromatic nitrogens is 4. The summed E-state index contributed by atoms with van der Waals surface area (Å²) in [7, 11) is 0. The first-order valence-corrected chi connectivity index (χ1v) is 10.4. The molecule has 0 saturated carbocycles. The number of aromatic amines is 1. The van der Waals surface area contributed by atoms with Gasteiger partial charge >= 0.3 is 0 Å². The Morgan fingerprint density at radius 1 is 1.03 bits per heavy atom. The van der Waals surface area contributed by atoms with Crippen molar-refractivity contribution < 1.29 is 4.74 Å². The van der Waals surface area contributed by atoms with Crippen LogP contribution in [-0.4, -0.2) is 31.9 Å². The van der Waals surface area contributed by atoms with Gasteiger partial charge in [0.25, 0.3) is 5.56 Å². The Balaban J connectivity index is 1.56. The van der Waals surface area contributed by atoms with Gasteiger partial charge in [0.05, 0.1) is 6.61 Å². The molecule has 0 spiro atoms. The molecule has 0 aliphatic heterocycles. The number of nitrogens with one attached hydrogen (secondary N) is 1. The number of nitrogens with zero attached hydrogens (tertiary/aromatic N) is 3. The molecule has 2 aromatic carbocycles. The average Bonchev–Trinajstić information content (AvgIpc) is 3.05. The number of benzene rings is 2. The van der Waals surface area contributed by atoms with Gasteiger partial charge in [-0.2, -0.15) is 0 Å². The third-order valence-electron chi connectivity index (χ3n) is 4.49. The summed E-state index contributed by atoms with van der Waals surface area (Å²) >= 11 is 1.52. The second-order valence-corrected chi connectivity index (χ2v) is 8.04. The van der Waals surface area contributed by atoms with E-state index in [1.807, 2.05) is 43.3 Å². The second kappa shape index (κ2) is 8.13. The second-order valence-electron chi connectivity index (χ2n) is 6.98. The molecule has 0 saturated heterocycles. The molecule has 0 bridgehead atoms. The highest BCUT2D eigenvalue weighted by atomic mass is 32.2. The van der Waals surface area contributed by atoms with E-state index < -0.39 is 0 Å². The van der Waals surface area contributed by atoms with Gasteiger partial charge in [-0.15, -0.1) is 0 Å².